The molecule has 2 N–H and O–H groups in total. The zero-order chi connectivity index (χ0) is 5.98. The van der Waals surface area contributed by atoms with E-state index in [0.29, 0.717) is 6.04 Å². The van der Waals surface area contributed by atoms with E-state index in [9.17, 15) is 0 Å². The summed E-state index contributed by atoms with van der Waals surface area (Å²) in [6, 6.07) is 0.513. The van der Waals surface area contributed by atoms with Crippen LogP contribution in [0, 0.1) is 5.92 Å². The molecule has 0 aromatic heterocycles. The molecular weight excluding hydrogens is 98.1 g/mol. The monoisotopic (exact) mass is 113 g/mol. The maximum Gasteiger partial charge on any atom is 0.00413 e. The molecule has 0 aromatic rings. The van der Waals surface area contributed by atoms with Gasteiger partial charge in [-0.2, -0.15) is 0 Å². The van der Waals surface area contributed by atoms with Crippen molar-refractivity contribution in [2.45, 2.75) is 38.6 Å². The molecule has 0 spiro atoms. The molecule has 1 rings (SSSR count). The Morgan fingerprint density at radius 2 is 2.12 bits per heavy atom. The molecule has 1 nitrogen and oxygen atoms in total. The molecule has 8 heavy (non-hydrogen) atoms. The Kier molecular flexibility index (Phi) is 1.90. The Morgan fingerprint density at radius 1 is 1.38 bits per heavy atom. The number of hydrogen-bond acceptors (Lipinski definition) is 1. The van der Waals surface area contributed by atoms with Crippen LogP contribution in [-0.4, -0.2) is 6.04 Å². The maximum absolute atomic E-state index is 5.73. The van der Waals surface area contributed by atoms with Gasteiger partial charge in [0.15, 0.2) is 0 Å². The minimum atomic E-state index is 0.513. The second-order valence-corrected chi connectivity index (χ2v) is 3.03. The maximum atomic E-state index is 5.73. The molecular formula is C7H15N. The molecule has 0 unspecified atom stereocenters. The second-order valence-electron chi connectivity index (χ2n) is 3.03. The third kappa shape index (κ3) is 1.48. The van der Waals surface area contributed by atoms with E-state index < -0.39 is 0 Å². The molecule has 1 heteroatoms. The third-order valence-electron chi connectivity index (χ3n) is 1.98. The van der Waals surface area contributed by atoms with Crippen LogP contribution >= 0.6 is 0 Å². The molecule has 0 saturated heterocycles. The van der Waals surface area contributed by atoms with Crippen LogP contribution in [0.25, 0.3) is 0 Å². The van der Waals surface area contributed by atoms with E-state index in [-0.39, 0.29) is 0 Å². The summed E-state index contributed by atoms with van der Waals surface area (Å²) < 4.78 is 0. The molecule has 0 aliphatic heterocycles. The van der Waals surface area contributed by atoms with Crippen LogP contribution in [0.5, 0.6) is 0 Å². The van der Waals surface area contributed by atoms with Gasteiger partial charge in [-0.15, -0.1) is 0 Å². The lowest BCUT2D eigenvalue weighted by Gasteiger charge is -2.22. The molecule has 1 saturated carbocycles. The van der Waals surface area contributed by atoms with Gasteiger partial charge in [0.2, 0.25) is 0 Å². The Labute approximate surface area is 51.3 Å². The van der Waals surface area contributed by atoms with Gasteiger partial charge >= 0.3 is 0 Å². The first kappa shape index (κ1) is 6.09. The van der Waals surface area contributed by atoms with Gasteiger partial charge in [-0.1, -0.05) is 19.8 Å². The quantitative estimate of drug-likeness (QED) is 0.506. The molecule has 1 aliphatic rings. The topological polar surface area (TPSA) is 26.0 Å². The zero-order valence-corrected chi connectivity index (χ0v) is 5.56. The van der Waals surface area contributed by atoms with Crippen LogP contribution in [0.15, 0.2) is 0 Å². The molecule has 0 amide bonds. The second kappa shape index (κ2) is 2.49. The molecule has 1 fully saturated rings. The smallest absolute Gasteiger partial charge is 0.00413 e. The van der Waals surface area contributed by atoms with Gasteiger partial charge in [0.1, 0.15) is 0 Å². The first-order valence-electron chi connectivity index (χ1n) is 3.54. The van der Waals surface area contributed by atoms with Gasteiger partial charge in [-0.3, -0.25) is 0 Å². The van der Waals surface area contributed by atoms with Gasteiger partial charge in [0.05, 0.1) is 0 Å². The minimum absolute atomic E-state index is 0.513. The first-order chi connectivity index (χ1) is 3.79. The predicted molar refractivity (Wildman–Crippen MR) is 35.6 cm³/mol. The fraction of sp³-hybridized carbons (Fsp3) is 1.00. The van der Waals surface area contributed by atoms with Gasteiger partial charge in [-0.05, 0) is 18.8 Å². The van der Waals surface area contributed by atoms with Crippen molar-refractivity contribution in [3.8, 4) is 0 Å². The lowest BCUT2D eigenvalue weighted by molar-refractivity contribution is 0.344. The summed E-state index contributed by atoms with van der Waals surface area (Å²) in [7, 11) is 0. The highest BCUT2D eigenvalue weighted by molar-refractivity contribution is 4.71. The first-order valence-corrected chi connectivity index (χ1v) is 3.54. The highest BCUT2D eigenvalue weighted by Gasteiger charge is 2.13. The van der Waals surface area contributed by atoms with Crippen LogP contribution in [0.2, 0.25) is 0 Å². The number of hydrogen-bond donors (Lipinski definition) is 1. The van der Waals surface area contributed by atoms with Crippen LogP contribution in [0.3, 0.4) is 0 Å². The molecule has 0 heterocycles. The number of nitrogens with two attached hydrogens (primary N) is 1. The summed E-state index contributed by atoms with van der Waals surface area (Å²) in [6.45, 7) is 2.29. The Morgan fingerprint density at radius 3 is 2.50 bits per heavy atom. The Hall–Kier alpha value is -0.0400. The van der Waals surface area contributed by atoms with E-state index in [2.05, 4.69) is 6.92 Å². The van der Waals surface area contributed by atoms with E-state index in [1.807, 2.05) is 0 Å². The predicted octanol–water partition coefficient (Wildman–Crippen LogP) is 1.52. The summed E-state index contributed by atoms with van der Waals surface area (Å²) in [5.41, 5.74) is 5.73. The normalized spacial score (nSPS) is 39.8. The summed E-state index contributed by atoms with van der Waals surface area (Å²) in [6.07, 6.45) is 5.25. The van der Waals surface area contributed by atoms with Gasteiger partial charge < -0.3 is 5.73 Å². The van der Waals surface area contributed by atoms with Crippen molar-refractivity contribution < 1.29 is 0 Å². The zero-order valence-electron chi connectivity index (χ0n) is 5.56. The average molecular weight is 113 g/mol. The van der Waals surface area contributed by atoms with Crippen molar-refractivity contribution in [3.63, 3.8) is 0 Å². The van der Waals surface area contributed by atoms with E-state index in [4.69, 9.17) is 5.73 Å². The summed E-state index contributed by atoms with van der Waals surface area (Å²) >= 11 is 0. The minimum Gasteiger partial charge on any atom is -0.328 e. The fourth-order valence-corrected chi connectivity index (χ4v) is 1.48. The fourth-order valence-electron chi connectivity index (χ4n) is 1.48. The van der Waals surface area contributed by atoms with Crippen molar-refractivity contribution >= 4 is 0 Å². The van der Waals surface area contributed by atoms with E-state index in [1.54, 1.807) is 0 Å². The standard InChI is InChI=1S/C7H15N/c1-6-3-2-4-7(8)5-6/h6-7H,2-5,8H2,1H3/t6-,7+/m1/s1. The van der Waals surface area contributed by atoms with Crippen LogP contribution in [0.4, 0.5) is 0 Å². The number of rotatable bonds is 0. The molecule has 0 aromatic carbocycles. The van der Waals surface area contributed by atoms with Crippen LogP contribution in [-0.2, 0) is 0 Å². The highest BCUT2D eigenvalue weighted by Crippen LogP contribution is 2.21. The molecule has 2 atom stereocenters. The van der Waals surface area contributed by atoms with Crippen molar-refractivity contribution in [1.82, 2.24) is 0 Å². The van der Waals surface area contributed by atoms with Crippen molar-refractivity contribution in [2.24, 2.45) is 11.7 Å². The SMILES string of the molecule is C[C@@H]1CCC[C@H](N)C1. The molecule has 0 radical (unpaired) electrons. The average Bonchev–Trinajstić information content (AvgIpc) is 1.64. The van der Waals surface area contributed by atoms with E-state index in [1.165, 1.54) is 25.7 Å². The van der Waals surface area contributed by atoms with Crippen LogP contribution in [0.1, 0.15) is 32.6 Å². The Balaban J connectivity index is 2.23. The molecule has 0 bridgehead atoms. The van der Waals surface area contributed by atoms with Crippen molar-refractivity contribution in [3.05, 3.63) is 0 Å². The summed E-state index contributed by atoms with van der Waals surface area (Å²) in [4.78, 5) is 0. The lowest BCUT2D eigenvalue weighted by Crippen LogP contribution is -2.26. The van der Waals surface area contributed by atoms with E-state index >= 15 is 0 Å². The Bertz CT molecular complexity index is 62.8. The molecule has 1 aliphatic carbocycles. The lowest BCUT2D eigenvalue weighted by atomic mass is 9.88. The summed E-state index contributed by atoms with van der Waals surface area (Å²) in [5, 5.41) is 0. The van der Waals surface area contributed by atoms with Crippen molar-refractivity contribution in [1.29, 1.82) is 0 Å². The van der Waals surface area contributed by atoms with Crippen LogP contribution < -0.4 is 5.73 Å². The van der Waals surface area contributed by atoms with Gasteiger partial charge in [0, 0.05) is 6.04 Å². The summed E-state index contributed by atoms with van der Waals surface area (Å²) in [5.74, 6) is 0.888. The third-order valence-corrected chi connectivity index (χ3v) is 1.98. The largest absolute Gasteiger partial charge is 0.328 e. The van der Waals surface area contributed by atoms with Gasteiger partial charge in [0.25, 0.3) is 0 Å². The van der Waals surface area contributed by atoms with E-state index in [0.717, 1.165) is 5.92 Å². The highest BCUT2D eigenvalue weighted by atomic mass is 14.6. The molecule has 48 valence electrons. The van der Waals surface area contributed by atoms with Gasteiger partial charge in [-0.25, -0.2) is 0 Å². The van der Waals surface area contributed by atoms with Crippen molar-refractivity contribution in [2.75, 3.05) is 0 Å².